The molecule has 2 heterocycles. The van der Waals surface area contributed by atoms with Gasteiger partial charge >= 0.3 is 5.97 Å². The van der Waals surface area contributed by atoms with Crippen LogP contribution in [0.5, 0.6) is 11.6 Å². The molecule has 0 atom stereocenters. The fourth-order valence-corrected chi connectivity index (χ4v) is 4.68. The van der Waals surface area contributed by atoms with Crippen LogP contribution in [0.3, 0.4) is 0 Å². The minimum atomic E-state index is -3.91. The van der Waals surface area contributed by atoms with E-state index in [4.69, 9.17) is 33.0 Å². The number of aromatic nitrogens is 1. The monoisotopic (exact) mass is 444 g/mol. The number of sulfonamides is 1. The third-order valence-corrected chi connectivity index (χ3v) is 6.49. The van der Waals surface area contributed by atoms with E-state index in [2.05, 4.69) is 9.71 Å². The summed E-state index contributed by atoms with van der Waals surface area (Å²) >= 11 is 12.6. The van der Waals surface area contributed by atoms with E-state index in [0.29, 0.717) is 4.34 Å². The van der Waals surface area contributed by atoms with Crippen molar-refractivity contribution in [1.29, 1.82) is 0 Å². The highest BCUT2D eigenvalue weighted by Gasteiger charge is 2.20. The van der Waals surface area contributed by atoms with E-state index in [0.717, 1.165) is 11.3 Å². The minimum absolute atomic E-state index is 0.0178. The zero-order chi connectivity index (χ0) is 19.6. The number of pyridine rings is 1. The first-order chi connectivity index (χ1) is 12.7. The Balaban J connectivity index is 1.90. The van der Waals surface area contributed by atoms with Crippen molar-refractivity contribution in [1.82, 2.24) is 4.98 Å². The van der Waals surface area contributed by atoms with Crippen molar-refractivity contribution in [2.45, 2.75) is 4.21 Å². The molecule has 2 aromatic heterocycles. The molecule has 0 fully saturated rings. The van der Waals surface area contributed by atoms with Crippen LogP contribution in [0.1, 0.15) is 10.4 Å². The Morgan fingerprint density at radius 1 is 1.15 bits per heavy atom. The number of carboxylic acids is 1. The average Bonchev–Trinajstić information content (AvgIpc) is 3.05. The van der Waals surface area contributed by atoms with Crippen molar-refractivity contribution in [2.75, 3.05) is 4.72 Å². The van der Waals surface area contributed by atoms with Crippen molar-refractivity contribution in [3.63, 3.8) is 0 Å². The number of thiophene rings is 1. The number of carboxylic acid groups (broad SMARTS) is 1. The van der Waals surface area contributed by atoms with Crippen LogP contribution in [0.2, 0.25) is 9.36 Å². The first-order valence-corrected chi connectivity index (χ1v) is 10.2. The van der Waals surface area contributed by atoms with Gasteiger partial charge in [-0.1, -0.05) is 23.2 Å². The molecule has 0 saturated carbocycles. The van der Waals surface area contributed by atoms with Gasteiger partial charge in [0.05, 0.1) is 14.9 Å². The van der Waals surface area contributed by atoms with E-state index in [-0.39, 0.29) is 32.1 Å². The molecule has 7 nitrogen and oxygen atoms in total. The van der Waals surface area contributed by atoms with Crippen molar-refractivity contribution < 1.29 is 23.1 Å². The zero-order valence-electron chi connectivity index (χ0n) is 13.2. The van der Waals surface area contributed by atoms with E-state index >= 15 is 0 Å². The van der Waals surface area contributed by atoms with Gasteiger partial charge in [-0.2, -0.15) is 0 Å². The summed E-state index contributed by atoms with van der Waals surface area (Å²) in [7, 11) is -3.91. The lowest BCUT2D eigenvalue weighted by atomic mass is 10.2. The lowest BCUT2D eigenvalue weighted by Gasteiger charge is -2.12. The van der Waals surface area contributed by atoms with Crippen molar-refractivity contribution in [2.24, 2.45) is 0 Å². The van der Waals surface area contributed by atoms with Gasteiger partial charge in [0.15, 0.2) is 0 Å². The van der Waals surface area contributed by atoms with E-state index < -0.39 is 16.0 Å². The Morgan fingerprint density at radius 3 is 2.44 bits per heavy atom. The molecule has 0 aliphatic rings. The van der Waals surface area contributed by atoms with Crippen LogP contribution in [0.4, 0.5) is 5.69 Å². The third kappa shape index (κ3) is 4.69. The van der Waals surface area contributed by atoms with Gasteiger partial charge in [0.2, 0.25) is 5.88 Å². The molecule has 0 radical (unpaired) electrons. The van der Waals surface area contributed by atoms with Gasteiger partial charge in [-0.05, 0) is 42.5 Å². The Bertz CT molecular complexity index is 1100. The maximum absolute atomic E-state index is 12.5. The van der Waals surface area contributed by atoms with Crippen molar-refractivity contribution in [3.8, 4) is 11.6 Å². The number of nitrogens with zero attached hydrogens (tertiary/aromatic N) is 1. The number of hydrogen-bond donors (Lipinski definition) is 2. The first kappa shape index (κ1) is 19.4. The van der Waals surface area contributed by atoms with Crippen LogP contribution >= 0.6 is 34.5 Å². The summed E-state index contributed by atoms with van der Waals surface area (Å²) < 4.78 is 33.3. The summed E-state index contributed by atoms with van der Waals surface area (Å²) in [6.07, 6.45) is 1.29. The van der Waals surface area contributed by atoms with Crippen LogP contribution in [0.15, 0.2) is 52.9 Å². The van der Waals surface area contributed by atoms with E-state index in [9.17, 15) is 13.2 Å². The number of benzene rings is 1. The van der Waals surface area contributed by atoms with Gasteiger partial charge in [-0.3, -0.25) is 4.72 Å². The first-order valence-electron chi connectivity index (χ1n) is 7.19. The normalized spacial score (nSPS) is 11.2. The highest BCUT2D eigenvalue weighted by Crippen LogP contribution is 2.33. The van der Waals surface area contributed by atoms with E-state index in [1.807, 2.05) is 0 Å². The number of anilines is 1. The molecule has 0 unspecified atom stereocenters. The van der Waals surface area contributed by atoms with E-state index in [1.165, 1.54) is 48.7 Å². The topological polar surface area (TPSA) is 106 Å². The standard InChI is InChI=1S/C16H10Cl2N2O5S2/c17-10-7-12(20-27(23,24)14-6-5-13(18)26-14)15(19-8-10)25-11-3-1-9(2-4-11)16(21)22/h1-8,20H,(H,21,22). The molecule has 0 aliphatic carbocycles. The maximum atomic E-state index is 12.5. The number of aromatic carboxylic acids is 1. The number of rotatable bonds is 6. The molecular weight excluding hydrogens is 435 g/mol. The second-order valence-corrected chi connectivity index (χ2v) is 9.16. The molecule has 27 heavy (non-hydrogen) atoms. The molecule has 0 spiro atoms. The fourth-order valence-electron chi connectivity index (χ4n) is 2.00. The molecule has 0 amide bonds. The minimum Gasteiger partial charge on any atom is -0.478 e. The number of hydrogen-bond acceptors (Lipinski definition) is 6. The van der Waals surface area contributed by atoms with Gasteiger partial charge in [-0.25, -0.2) is 18.2 Å². The zero-order valence-corrected chi connectivity index (χ0v) is 16.4. The molecule has 11 heteroatoms. The summed E-state index contributed by atoms with van der Waals surface area (Å²) in [5.41, 5.74) is 0.108. The maximum Gasteiger partial charge on any atom is 0.335 e. The number of halogens is 2. The summed E-state index contributed by atoms with van der Waals surface area (Å²) in [5.74, 6) is -0.850. The number of carbonyl (C=O) groups is 1. The van der Waals surface area contributed by atoms with E-state index in [1.54, 1.807) is 0 Å². The molecule has 2 N–H and O–H groups in total. The number of nitrogens with one attached hydrogen (secondary N) is 1. The smallest absolute Gasteiger partial charge is 0.335 e. The highest BCUT2D eigenvalue weighted by atomic mass is 35.5. The molecule has 140 valence electrons. The molecule has 0 saturated heterocycles. The Hall–Kier alpha value is -2.33. The van der Waals surface area contributed by atoms with Crippen molar-refractivity contribution >= 4 is 56.2 Å². The van der Waals surface area contributed by atoms with Gasteiger partial charge in [0.25, 0.3) is 10.0 Å². The van der Waals surface area contributed by atoms with Gasteiger partial charge in [-0.15, -0.1) is 11.3 Å². The third-order valence-electron chi connectivity index (χ3n) is 3.19. The predicted molar refractivity (Wildman–Crippen MR) is 103 cm³/mol. The molecule has 1 aromatic carbocycles. The second kappa shape index (κ2) is 7.73. The molecule has 3 rings (SSSR count). The predicted octanol–water partition coefficient (Wildman–Crippen LogP) is 4.74. The summed E-state index contributed by atoms with van der Waals surface area (Å²) in [6.45, 7) is 0. The number of ether oxygens (including phenoxy) is 1. The Kier molecular flexibility index (Phi) is 5.56. The average molecular weight is 445 g/mol. The fraction of sp³-hybridized carbons (Fsp3) is 0. The lowest BCUT2D eigenvalue weighted by Crippen LogP contribution is -2.12. The SMILES string of the molecule is O=C(O)c1ccc(Oc2ncc(Cl)cc2NS(=O)(=O)c2ccc(Cl)s2)cc1. The van der Waals surface area contributed by atoms with Crippen LogP contribution < -0.4 is 9.46 Å². The summed E-state index contributed by atoms with van der Waals surface area (Å²) in [4.78, 5) is 14.9. The van der Waals surface area contributed by atoms with Gasteiger partial charge in [0, 0.05) is 6.20 Å². The highest BCUT2D eigenvalue weighted by molar-refractivity contribution is 7.94. The Labute approximate surface area is 168 Å². The summed E-state index contributed by atoms with van der Waals surface area (Å²) in [6, 6.07) is 9.75. The largest absolute Gasteiger partial charge is 0.478 e. The van der Waals surface area contributed by atoms with Crippen LogP contribution in [-0.2, 0) is 10.0 Å². The Morgan fingerprint density at radius 2 is 1.85 bits per heavy atom. The van der Waals surface area contributed by atoms with Gasteiger partial charge < -0.3 is 9.84 Å². The quantitative estimate of drug-likeness (QED) is 0.568. The second-order valence-electron chi connectivity index (χ2n) is 5.10. The molecule has 0 bridgehead atoms. The van der Waals surface area contributed by atoms with Gasteiger partial charge in [0.1, 0.15) is 15.6 Å². The lowest BCUT2D eigenvalue weighted by molar-refractivity contribution is 0.0697. The van der Waals surface area contributed by atoms with Crippen LogP contribution in [0.25, 0.3) is 0 Å². The van der Waals surface area contributed by atoms with Crippen LogP contribution in [-0.4, -0.2) is 24.5 Å². The molecular formula is C16H10Cl2N2O5S2. The summed E-state index contributed by atoms with van der Waals surface area (Å²) in [5, 5.41) is 9.12. The molecule has 3 aromatic rings. The molecule has 0 aliphatic heterocycles. The van der Waals surface area contributed by atoms with Crippen molar-refractivity contribution in [3.05, 3.63) is 63.6 Å². The van der Waals surface area contributed by atoms with Crippen LogP contribution in [0, 0.1) is 0 Å².